The zero-order chi connectivity index (χ0) is 24.7. The first-order valence-corrected chi connectivity index (χ1v) is 13.0. The minimum Gasteiger partial charge on any atom is -0.457 e. The largest absolute Gasteiger partial charge is 0.457 e. The van der Waals surface area contributed by atoms with Gasteiger partial charge >= 0.3 is 0 Å². The number of para-hydroxylation sites is 1. The number of ether oxygens (including phenoxy) is 4. The molecular formula is C28H36N2O6. The lowest BCUT2D eigenvalue weighted by Crippen LogP contribution is -2.55. The van der Waals surface area contributed by atoms with Crippen LogP contribution in [0.5, 0.6) is 11.5 Å². The first-order chi connectivity index (χ1) is 17.6. The molecule has 0 aliphatic carbocycles. The van der Waals surface area contributed by atoms with Crippen LogP contribution in [0.2, 0.25) is 0 Å². The highest BCUT2D eigenvalue weighted by atomic mass is 16.5. The van der Waals surface area contributed by atoms with E-state index in [4.69, 9.17) is 18.9 Å². The third-order valence-corrected chi connectivity index (χ3v) is 7.14. The number of hydrogen-bond donors (Lipinski definition) is 1. The van der Waals surface area contributed by atoms with E-state index in [9.17, 15) is 9.90 Å². The summed E-state index contributed by atoms with van der Waals surface area (Å²) in [6.45, 7) is 4.44. The molecular weight excluding hydrogens is 460 g/mol. The quantitative estimate of drug-likeness (QED) is 0.659. The van der Waals surface area contributed by atoms with Crippen molar-refractivity contribution < 1.29 is 28.8 Å². The SMILES string of the molecule is O=C(C[C@H]1CC[C@H]2[C@@H](COC[C@H](O)CN2Cc2ccc(Oc3ccccc3)cc2)O1)N1CCOCC1. The van der Waals surface area contributed by atoms with E-state index in [2.05, 4.69) is 17.0 Å². The van der Waals surface area contributed by atoms with E-state index in [1.54, 1.807) is 0 Å². The smallest absolute Gasteiger partial charge is 0.225 e. The Kier molecular flexibility index (Phi) is 8.51. The van der Waals surface area contributed by atoms with Gasteiger partial charge in [-0.15, -0.1) is 0 Å². The van der Waals surface area contributed by atoms with Crippen LogP contribution in [-0.2, 0) is 25.5 Å². The lowest BCUT2D eigenvalue weighted by atomic mass is 9.94. The Bertz CT molecular complexity index is 966. The Hall–Kier alpha value is -2.49. The maximum absolute atomic E-state index is 12.7. The normalized spacial score (nSPS) is 27.5. The topological polar surface area (TPSA) is 80.7 Å². The van der Waals surface area contributed by atoms with Crippen molar-refractivity contribution in [2.45, 2.75) is 50.2 Å². The molecule has 4 atom stereocenters. The molecule has 194 valence electrons. The first kappa shape index (κ1) is 25.2. The second-order valence-corrected chi connectivity index (χ2v) is 9.82. The van der Waals surface area contributed by atoms with Crippen LogP contribution in [0.25, 0.3) is 0 Å². The second kappa shape index (κ2) is 12.2. The zero-order valence-electron chi connectivity index (χ0n) is 20.7. The standard InChI is InChI=1S/C28H36N2O6/c31-22-18-30(17-21-6-8-24(9-7-21)35-23-4-2-1-3-5-23)26-11-10-25(36-27(26)20-34-19-22)16-28(32)29-12-14-33-15-13-29/h1-9,22,25-27,31H,10-20H2/t22-,25-,26+,27-/m1/s1. The van der Waals surface area contributed by atoms with Gasteiger partial charge in [-0.1, -0.05) is 30.3 Å². The molecule has 0 saturated carbocycles. The molecule has 3 aliphatic rings. The Labute approximate surface area is 212 Å². The number of rotatable bonds is 6. The van der Waals surface area contributed by atoms with Crippen molar-refractivity contribution in [3.63, 3.8) is 0 Å². The van der Waals surface area contributed by atoms with E-state index in [0.29, 0.717) is 52.4 Å². The summed E-state index contributed by atoms with van der Waals surface area (Å²) < 4.78 is 23.5. The van der Waals surface area contributed by atoms with Gasteiger partial charge in [-0.2, -0.15) is 0 Å². The summed E-state index contributed by atoms with van der Waals surface area (Å²) in [5.41, 5.74) is 1.15. The van der Waals surface area contributed by atoms with Gasteiger partial charge in [-0.25, -0.2) is 0 Å². The average molecular weight is 497 g/mol. The number of carbonyl (C=O) groups excluding carboxylic acids is 1. The molecule has 3 heterocycles. The van der Waals surface area contributed by atoms with Crippen LogP contribution in [0.3, 0.4) is 0 Å². The molecule has 1 N–H and O–H groups in total. The van der Waals surface area contributed by atoms with Crippen molar-refractivity contribution >= 4 is 5.91 Å². The highest BCUT2D eigenvalue weighted by molar-refractivity contribution is 5.76. The third-order valence-electron chi connectivity index (χ3n) is 7.14. The van der Waals surface area contributed by atoms with E-state index in [1.165, 1.54) is 0 Å². The molecule has 8 nitrogen and oxygen atoms in total. The van der Waals surface area contributed by atoms with Crippen molar-refractivity contribution in [1.29, 1.82) is 0 Å². The predicted octanol–water partition coefficient (Wildman–Crippen LogP) is 2.84. The fourth-order valence-electron chi connectivity index (χ4n) is 5.29. The van der Waals surface area contributed by atoms with Crippen LogP contribution in [0.15, 0.2) is 54.6 Å². The highest BCUT2D eigenvalue weighted by Gasteiger charge is 2.38. The molecule has 2 aromatic carbocycles. The maximum Gasteiger partial charge on any atom is 0.225 e. The molecule has 0 spiro atoms. The molecule has 5 rings (SSSR count). The number of aliphatic hydroxyl groups is 1. The Balaban J connectivity index is 1.21. The second-order valence-electron chi connectivity index (χ2n) is 9.82. The monoisotopic (exact) mass is 496 g/mol. The summed E-state index contributed by atoms with van der Waals surface area (Å²) >= 11 is 0. The van der Waals surface area contributed by atoms with Gasteiger partial charge in [0.15, 0.2) is 0 Å². The fraction of sp³-hybridized carbons (Fsp3) is 0.536. The van der Waals surface area contributed by atoms with Gasteiger partial charge < -0.3 is 29.0 Å². The lowest BCUT2D eigenvalue weighted by molar-refractivity contribution is -0.162. The van der Waals surface area contributed by atoms with Crippen molar-refractivity contribution in [2.24, 2.45) is 0 Å². The highest BCUT2D eigenvalue weighted by Crippen LogP contribution is 2.30. The van der Waals surface area contributed by atoms with Crippen molar-refractivity contribution in [2.75, 3.05) is 46.1 Å². The van der Waals surface area contributed by atoms with E-state index in [1.807, 2.05) is 47.4 Å². The van der Waals surface area contributed by atoms with Crippen LogP contribution in [-0.4, -0.2) is 91.2 Å². The number of carbonyl (C=O) groups is 1. The minimum atomic E-state index is -0.549. The van der Waals surface area contributed by atoms with Crippen LogP contribution >= 0.6 is 0 Å². The van der Waals surface area contributed by atoms with Gasteiger partial charge in [0.05, 0.1) is 51.2 Å². The van der Waals surface area contributed by atoms with Gasteiger partial charge in [-0.3, -0.25) is 9.69 Å². The number of morpholine rings is 1. The summed E-state index contributed by atoms with van der Waals surface area (Å²) in [5.74, 6) is 1.73. The zero-order valence-corrected chi connectivity index (χ0v) is 20.7. The van der Waals surface area contributed by atoms with Crippen molar-refractivity contribution in [3.8, 4) is 11.5 Å². The predicted molar refractivity (Wildman–Crippen MR) is 134 cm³/mol. The Morgan fingerprint density at radius 3 is 2.47 bits per heavy atom. The van der Waals surface area contributed by atoms with E-state index < -0.39 is 6.10 Å². The molecule has 36 heavy (non-hydrogen) atoms. The number of β-amino-alcohol motifs (C(OH)–C–C–N with tert-alkyl or cyclic N) is 1. The number of amides is 1. The molecule has 3 fully saturated rings. The van der Waals surface area contributed by atoms with Crippen LogP contribution in [0, 0.1) is 0 Å². The summed E-state index contributed by atoms with van der Waals surface area (Å²) in [6, 6.07) is 18.0. The number of aliphatic hydroxyl groups excluding tert-OH is 1. The fourth-order valence-corrected chi connectivity index (χ4v) is 5.29. The van der Waals surface area contributed by atoms with Gasteiger partial charge in [0.1, 0.15) is 11.5 Å². The first-order valence-electron chi connectivity index (χ1n) is 13.0. The van der Waals surface area contributed by atoms with Gasteiger partial charge in [0.25, 0.3) is 0 Å². The summed E-state index contributed by atoms with van der Waals surface area (Å²) in [7, 11) is 0. The molecule has 3 saturated heterocycles. The summed E-state index contributed by atoms with van der Waals surface area (Å²) in [4.78, 5) is 16.9. The van der Waals surface area contributed by atoms with E-state index >= 15 is 0 Å². The van der Waals surface area contributed by atoms with E-state index in [-0.39, 0.29) is 30.8 Å². The number of fused-ring (bicyclic) bond motifs is 1. The van der Waals surface area contributed by atoms with Crippen LogP contribution in [0.4, 0.5) is 0 Å². The molecule has 0 aromatic heterocycles. The molecule has 2 aromatic rings. The molecule has 1 amide bonds. The maximum atomic E-state index is 12.7. The molecule has 0 bridgehead atoms. The van der Waals surface area contributed by atoms with Crippen LogP contribution < -0.4 is 4.74 Å². The Morgan fingerprint density at radius 2 is 1.69 bits per heavy atom. The molecule has 0 radical (unpaired) electrons. The Morgan fingerprint density at radius 1 is 0.944 bits per heavy atom. The number of hydrogen-bond acceptors (Lipinski definition) is 7. The van der Waals surface area contributed by atoms with Gasteiger partial charge in [-0.05, 0) is 42.7 Å². The average Bonchev–Trinajstić information content (AvgIpc) is 2.90. The minimum absolute atomic E-state index is 0.106. The summed E-state index contributed by atoms with van der Waals surface area (Å²) in [6.07, 6.45) is 1.33. The number of benzene rings is 2. The molecule has 8 heteroatoms. The van der Waals surface area contributed by atoms with Crippen molar-refractivity contribution in [3.05, 3.63) is 60.2 Å². The van der Waals surface area contributed by atoms with Crippen LogP contribution in [0.1, 0.15) is 24.8 Å². The van der Waals surface area contributed by atoms with Crippen molar-refractivity contribution in [1.82, 2.24) is 9.80 Å². The molecule has 0 unspecified atom stereocenters. The number of nitrogens with zero attached hydrogens (tertiary/aromatic N) is 2. The van der Waals surface area contributed by atoms with Gasteiger partial charge in [0, 0.05) is 32.2 Å². The van der Waals surface area contributed by atoms with E-state index in [0.717, 1.165) is 29.9 Å². The third kappa shape index (κ3) is 6.63. The van der Waals surface area contributed by atoms with Gasteiger partial charge in [0.2, 0.25) is 5.91 Å². The lowest BCUT2D eigenvalue weighted by Gasteiger charge is -2.44. The molecule has 3 aliphatic heterocycles. The summed E-state index contributed by atoms with van der Waals surface area (Å²) in [5, 5.41) is 10.5.